The molecule has 0 aliphatic carbocycles. The van der Waals surface area contributed by atoms with Crippen LogP contribution in [0.15, 0.2) is 54.6 Å². The van der Waals surface area contributed by atoms with E-state index in [1.165, 1.54) is 0 Å². The van der Waals surface area contributed by atoms with Crippen LogP contribution >= 0.6 is 0 Å². The Balaban J connectivity index is 1.99. The van der Waals surface area contributed by atoms with Crippen molar-refractivity contribution in [3.05, 3.63) is 60.2 Å². The number of amides is 2. The van der Waals surface area contributed by atoms with Gasteiger partial charge in [-0.1, -0.05) is 56.3 Å². The highest BCUT2D eigenvalue weighted by atomic mass is 16.5. The van der Waals surface area contributed by atoms with E-state index in [2.05, 4.69) is 5.32 Å². The van der Waals surface area contributed by atoms with Gasteiger partial charge in [-0.05, 0) is 30.0 Å². The number of carbonyl (C=O) groups excluding carboxylic acids is 2. The van der Waals surface area contributed by atoms with Crippen LogP contribution in [0.2, 0.25) is 0 Å². The van der Waals surface area contributed by atoms with Gasteiger partial charge in [-0.15, -0.1) is 0 Å². The molecule has 144 valence electrons. The van der Waals surface area contributed by atoms with Gasteiger partial charge in [0.1, 0.15) is 5.75 Å². The lowest BCUT2D eigenvalue weighted by atomic mass is 9.97. The molecule has 0 saturated heterocycles. The van der Waals surface area contributed by atoms with E-state index in [1.54, 1.807) is 24.1 Å². The number of methoxy groups -OCH3 is 1. The molecule has 0 radical (unpaired) electrons. The van der Waals surface area contributed by atoms with Gasteiger partial charge in [-0.25, -0.2) is 0 Å². The summed E-state index contributed by atoms with van der Waals surface area (Å²) in [5.41, 5.74) is 1.73. The third-order valence-corrected chi connectivity index (χ3v) is 4.41. The van der Waals surface area contributed by atoms with E-state index in [4.69, 9.17) is 4.74 Å². The fourth-order valence-electron chi connectivity index (χ4n) is 2.96. The SMILES string of the molecule is CCCN(CC(=O)Nc1ccccc1OC)C(=O)CC(C)c1ccccc1. The number of carbonyl (C=O) groups is 2. The fourth-order valence-corrected chi connectivity index (χ4v) is 2.96. The molecule has 0 fully saturated rings. The molecule has 0 aromatic heterocycles. The summed E-state index contributed by atoms with van der Waals surface area (Å²) < 4.78 is 5.25. The quantitative estimate of drug-likeness (QED) is 0.726. The van der Waals surface area contributed by atoms with E-state index < -0.39 is 0 Å². The van der Waals surface area contributed by atoms with Crippen molar-refractivity contribution >= 4 is 17.5 Å². The monoisotopic (exact) mass is 368 g/mol. The molecule has 1 atom stereocenters. The zero-order chi connectivity index (χ0) is 19.6. The zero-order valence-electron chi connectivity index (χ0n) is 16.3. The van der Waals surface area contributed by atoms with Gasteiger partial charge in [0.05, 0.1) is 19.3 Å². The number of nitrogens with zero attached hydrogens (tertiary/aromatic N) is 1. The Morgan fingerprint density at radius 3 is 2.41 bits per heavy atom. The third-order valence-electron chi connectivity index (χ3n) is 4.41. The van der Waals surface area contributed by atoms with Crippen LogP contribution in [-0.2, 0) is 9.59 Å². The van der Waals surface area contributed by atoms with Gasteiger partial charge in [0.15, 0.2) is 0 Å². The van der Waals surface area contributed by atoms with Crippen molar-refractivity contribution in [1.29, 1.82) is 0 Å². The molecule has 1 unspecified atom stereocenters. The minimum atomic E-state index is -0.228. The maximum Gasteiger partial charge on any atom is 0.244 e. The van der Waals surface area contributed by atoms with Crippen LogP contribution in [0.1, 0.15) is 38.2 Å². The van der Waals surface area contributed by atoms with E-state index >= 15 is 0 Å². The van der Waals surface area contributed by atoms with Crippen LogP contribution in [0.4, 0.5) is 5.69 Å². The van der Waals surface area contributed by atoms with Crippen molar-refractivity contribution < 1.29 is 14.3 Å². The second kappa shape index (κ2) is 10.4. The molecule has 0 heterocycles. The van der Waals surface area contributed by atoms with Crippen molar-refractivity contribution in [3.8, 4) is 5.75 Å². The Morgan fingerprint density at radius 2 is 1.74 bits per heavy atom. The number of benzene rings is 2. The second-order valence-electron chi connectivity index (χ2n) is 6.58. The predicted octanol–water partition coefficient (Wildman–Crippen LogP) is 4.07. The summed E-state index contributed by atoms with van der Waals surface area (Å²) in [6.45, 7) is 4.62. The molecule has 5 nitrogen and oxygen atoms in total. The number of nitrogens with one attached hydrogen (secondary N) is 1. The first kappa shape index (κ1) is 20.5. The van der Waals surface area contributed by atoms with E-state index in [0.717, 1.165) is 12.0 Å². The van der Waals surface area contributed by atoms with Gasteiger partial charge < -0.3 is 15.0 Å². The van der Waals surface area contributed by atoms with Crippen LogP contribution in [0.3, 0.4) is 0 Å². The maximum absolute atomic E-state index is 12.7. The minimum absolute atomic E-state index is 0.0108. The van der Waals surface area contributed by atoms with Crippen molar-refractivity contribution in [1.82, 2.24) is 4.90 Å². The van der Waals surface area contributed by atoms with Crippen LogP contribution in [0, 0.1) is 0 Å². The number of ether oxygens (including phenoxy) is 1. The smallest absolute Gasteiger partial charge is 0.244 e. The van der Waals surface area contributed by atoms with Gasteiger partial charge in [0, 0.05) is 13.0 Å². The molecule has 0 spiro atoms. The molecule has 2 amide bonds. The molecule has 0 aliphatic heterocycles. The molecule has 2 aromatic rings. The number of hydrogen-bond acceptors (Lipinski definition) is 3. The number of hydrogen-bond donors (Lipinski definition) is 1. The summed E-state index contributed by atoms with van der Waals surface area (Å²) >= 11 is 0. The molecular weight excluding hydrogens is 340 g/mol. The zero-order valence-corrected chi connectivity index (χ0v) is 16.3. The standard InChI is InChI=1S/C22H28N2O3/c1-4-14-24(22(26)15-17(2)18-10-6-5-7-11-18)16-21(25)23-19-12-8-9-13-20(19)27-3/h5-13,17H,4,14-16H2,1-3H3,(H,23,25). The van der Waals surface area contributed by atoms with Gasteiger partial charge in [-0.3, -0.25) is 9.59 Å². The highest BCUT2D eigenvalue weighted by Gasteiger charge is 2.20. The summed E-state index contributed by atoms with van der Waals surface area (Å²) in [4.78, 5) is 26.8. The molecule has 0 aliphatic rings. The highest BCUT2D eigenvalue weighted by molar-refractivity contribution is 5.95. The van der Waals surface area contributed by atoms with Crippen LogP contribution in [0.5, 0.6) is 5.75 Å². The van der Waals surface area contributed by atoms with Gasteiger partial charge in [-0.2, -0.15) is 0 Å². The number of anilines is 1. The normalized spacial score (nSPS) is 11.5. The van der Waals surface area contributed by atoms with Crippen LogP contribution in [0.25, 0.3) is 0 Å². The average Bonchev–Trinajstić information content (AvgIpc) is 2.68. The third kappa shape index (κ3) is 6.13. The summed E-state index contributed by atoms with van der Waals surface area (Å²) in [5, 5.41) is 2.83. The van der Waals surface area contributed by atoms with E-state index in [9.17, 15) is 9.59 Å². The molecule has 1 N–H and O–H groups in total. The van der Waals surface area contributed by atoms with E-state index in [-0.39, 0.29) is 24.3 Å². The lowest BCUT2D eigenvalue weighted by molar-refractivity contribution is -0.135. The topological polar surface area (TPSA) is 58.6 Å². The van der Waals surface area contributed by atoms with E-state index in [1.807, 2.05) is 56.3 Å². The van der Waals surface area contributed by atoms with Gasteiger partial charge in [0.2, 0.25) is 11.8 Å². The predicted molar refractivity (Wildman–Crippen MR) is 108 cm³/mol. The average molecular weight is 368 g/mol. The maximum atomic E-state index is 12.7. The molecule has 0 bridgehead atoms. The summed E-state index contributed by atoms with van der Waals surface area (Å²) in [5.74, 6) is 0.462. The first-order chi connectivity index (χ1) is 13.0. The van der Waals surface area contributed by atoms with Crippen LogP contribution in [-0.4, -0.2) is 36.9 Å². The summed E-state index contributed by atoms with van der Waals surface area (Å²) in [7, 11) is 1.56. The lowest BCUT2D eigenvalue weighted by Crippen LogP contribution is -2.39. The Labute approximate surface area is 161 Å². The van der Waals surface area contributed by atoms with Crippen molar-refractivity contribution in [3.63, 3.8) is 0 Å². The Morgan fingerprint density at radius 1 is 1.07 bits per heavy atom. The Kier molecular flexibility index (Phi) is 7.86. The van der Waals surface area contributed by atoms with Crippen molar-refractivity contribution in [2.45, 2.75) is 32.6 Å². The van der Waals surface area contributed by atoms with Crippen molar-refractivity contribution in [2.24, 2.45) is 0 Å². The van der Waals surface area contributed by atoms with Crippen LogP contribution < -0.4 is 10.1 Å². The number of para-hydroxylation sites is 2. The molecular formula is C22H28N2O3. The first-order valence-corrected chi connectivity index (χ1v) is 9.30. The van der Waals surface area contributed by atoms with Gasteiger partial charge in [0.25, 0.3) is 0 Å². The fraction of sp³-hybridized carbons (Fsp3) is 0.364. The summed E-state index contributed by atoms with van der Waals surface area (Å²) in [6, 6.07) is 17.2. The highest BCUT2D eigenvalue weighted by Crippen LogP contribution is 2.23. The molecule has 2 rings (SSSR count). The minimum Gasteiger partial charge on any atom is -0.495 e. The van der Waals surface area contributed by atoms with E-state index in [0.29, 0.717) is 24.4 Å². The molecule has 27 heavy (non-hydrogen) atoms. The molecule has 2 aromatic carbocycles. The number of rotatable bonds is 9. The lowest BCUT2D eigenvalue weighted by Gasteiger charge is -2.23. The Bertz CT molecular complexity index is 746. The van der Waals surface area contributed by atoms with Crippen molar-refractivity contribution in [2.75, 3.05) is 25.5 Å². The molecule has 5 heteroatoms. The summed E-state index contributed by atoms with van der Waals surface area (Å²) in [6.07, 6.45) is 1.18. The Hall–Kier alpha value is -2.82. The molecule has 0 saturated carbocycles. The first-order valence-electron chi connectivity index (χ1n) is 9.30. The van der Waals surface area contributed by atoms with Gasteiger partial charge >= 0.3 is 0 Å². The second-order valence-corrected chi connectivity index (χ2v) is 6.58. The largest absolute Gasteiger partial charge is 0.495 e.